The van der Waals surface area contributed by atoms with Crippen LogP contribution < -0.4 is 0 Å². The highest BCUT2D eigenvalue weighted by atomic mass is 79.9. The van der Waals surface area contributed by atoms with Crippen molar-refractivity contribution >= 4 is 27.5 Å². The van der Waals surface area contributed by atoms with Crippen molar-refractivity contribution in [3.63, 3.8) is 0 Å². The van der Waals surface area contributed by atoms with Gasteiger partial charge in [0.1, 0.15) is 0 Å². The molecule has 62 valence electrons. The van der Waals surface area contributed by atoms with Crippen molar-refractivity contribution in [3.05, 3.63) is 34.9 Å². The van der Waals surface area contributed by atoms with Crippen LogP contribution in [-0.2, 0) is 11.2 Å². The highest BCUT2D eigenvalue weighted by Crippen LogP contribution is 2.16. The minimum Gasteiger partial charge on any atom is -0.192 e. The number of rotatable bonds is 2. The topological polar surface area (TPSA) is 23.8 Å². The molecule has 0 saturated carbocycles. The Balaban J connectivity index is 3.13. The number of alkyl halides is 2. The maximum atomic E-state index is 8.62. The Morgan fingerprint density at radius 2 is 2.17 bits per heavy atom. The summed E-state index contributed by atoms with van der Waals surface area (Å²) in [5.74, 6) is 0.493. The number of halogens is 2. The van der Waals surface area contributed by atoms with E-state index in [0.717, 1.165) is 16.5 Å². The first kappa shape index (κ1) is 9.57. The van der Waals surface area contributed by atoms with Gasteiger partial charge in [-0.05, 0) is 23.3 Å². The monoisotopic (exact) mass is 243 g/mol. The van der Waals surface area contributed by atoms with Gasteiger partial charge in [0.15, 0.2) is 0 Å². The van der Waals surface area contributed by atoms with Gasteiger partial charge in [0, 0.05) is 11.2 Å². The highest BCUT2D eigenvalue weighted by molar-refractivity contribution is 9.08. The zero-order valence-corrected chi connectivity index (χ0v) is 8.69. The van der Waals surface area contributed by atoms with Gasteiger partial charge < -0.3 is 0 Å². The second-order valence-electron chi connectivity index (χ2n) is 2.36. The predicted octanol–water partition coefficient (Wildman–Crippen LogP) is 3.19. The van der Waals surface area contributed by atoms with E-state index in [-0.39, 0.29) is 0 Å². The molecule has 0 spiro atoms. The molecule has 0 amide bonds. The molecule has 1 aromatic carbocycles. The molecule has 1 nitrogen and oxygen atoms in total. The van der Waals surface area contributed by atoms with Crippen molar-refractivity contribution in [2.45, 2.75) is 11.2 Å². The zero-order valence-electron chi connectivity index (χ0n) is 6.35. The zero-order chi connectivity index (χ0) is 8.97. The van der Waals surface area contributed by atoms with E-state index in [1.54, 1.807) is 6.07 Å². The van der Waals surface area contributed by atoms with Crippen LogP contribution in [0.15, 0.2) is 18.2 Å². The van der Waals surface area contributed by atoms with Crippen molar-refractivity contribution in [2.24, 2.45) is 0 Å². The molecule has 0 fully saturated rings. The first-order valence-electron chi connectivity index (χ1n) is 3.45. The second kappa shape index (κ2) is 4.49. The van der Waals surface area contributed by atoms with E-state index in [1.807, 2.05) is 12.1 Å². The molecule has 0 bridgehead atoms. The summed E-state index contributed by atoms with van der Waals surface area (Å²) in [6, 6.07) is 7.62. The fourth-order valence-corrected chi connectivity index (χ4v) is 1.73. The van der Waals surface area contributed by atoms with Crippen molar-refractivity contribution in [3.8, 4) is 6.07 Å². The molecule has 12 heavy (non-hydrogen) atoms. The van der Waals surface area contributed by atoms with Gasteiger partial charge in [-0.1, -0.05) is 22.0 Å². The maximum Gasteiger partial charge on any atom is 0.0991 e. The van der Waals surface area contributed by atoms with Crippen molar-refractivity contribution in [2.75, 3.05) is 0 Å². The van der Waals surface area contributed by atoms with Gasteiger partial charge in [-0.3, -0.25) is 0 Å². The SMILES string of the molecule is N#Cc1ccc(CCl)c(CBr)c1. The Morgan fingerprint density at radius 1 is 1.42 bits per heavy atom. The number of hydrogen-bond donors (Lipinski definition) is 0. The molecule has 0 atom stereocenters. The van der Waals surface area contributed by atoms with E-state index in [4.69, 9.17) is 16.9 Å². The summed E-state index contributed by atoms with van der Waals surface area (Å²) in [4.78, 5) is 0. The molecule has 0 aliphatic carbocycles. The predicted molar refractivity (Wildman–Crippen MR) is 53.3 cm³/mol. The van der Waals surface area contributed by atoms with Crippen LogP contribution in [0.3, 0.4) is 0 Å². The van der Waals surface area contributed by atoms with Gasteiger partial charge in [-0.15, -0.1) is 11.6 Å². The molecular weight excluding hydrogens is 237 g/mol. The summed E-state index contributed by atoms with van der Waals surface area (Å²) in [7, 11) is 0. The third-order valence-corrected chi connectivity index (χ3v) is 2.52. The Labute approximate surface area is 85.1 Å². The van der Waals surface area contributed by atoms with E-state index in [2.05, 4.69) is 22.0 Å². The molecule has 0 saturated heterocycles. The summed E-state index contributed by atoms with van der Waals surface area (Å²) in [5.41, 5.74) is 2.84. The molecule has 0 radical (unpaired) electrons. The standard InChI is InChI=1S/C9H7BrClN/c10-4-9-3-7(6-12)1-2-8(9)5-11/h1-3H,4-5H2. The van der Waals surface area contributed by atoms with Crippen LogP contribution in [0.1, 0.15) is 16.7 Å². The Bertz CT molecular complexity index is 317. The van der Waals surface area contributed by atoms with Crippen LogP contribution in [0.5, 0.6) is 0 Å². The summed E-state index contributed by atoms with van der Waals surface area (Å²) >= 11 is 9.05. The molecule has 0 aliphatic heterocycles. The summed E-state index contributed by atoms with van der Waals surface area (Å²) in [5, 5.41) is 9.36. The minimum absolute atomic E-state index is 0.493. The van der Waals surface area contributed by atoms with Crippen molar-refractivity contribution < 1.29 is 0 Å². The fourth-order valence-electron chi connectivity index (χ4n) is 0.950. The molecule has 0 aromatic heterocycles. The van der Waals surface area contributed by atoms with Crippen molar-refractivity contribution in [1.29, 1.82) is 5.26 Å². The lowest BCUT2D eigenvalue weighted by Gasteiger charge is -2.02. The largest absolute Gasteiger partial charge is 0.192 e. The molecule has 0 heterocycles. The van der Waals surface area contributed by atoms with Gasteiger partial charge in [-0.25, -0.2) is 0 Å². The van der Waals surface area contributed by atoms with E-state index in [1.165, 1.54) is 0 Å². The number of nitrogens with zero attached hydrogens (tertiary/aromatic N) is 1. The fraction of sp³-hybridized carbons (Fsp3) is 0.222. The third-order valence-electron chi connectivity index (χ3n) is 1.62. The van der Waals surface area contributed by atoms with Crippen LogP contribution in [0.25, 0.3) is 0 Å². The smallest absolute Gasteiger partial charge is 0.0991 e. The summed E-state index contributed by atoms with van der Waals surface area (Å²) in [6.07, 6.45) is 0. The molecular formula is C9H7BrClN. The normalized spacial score (nSPS) is 9.42. The van der Waals surface area contributed by atoms with Gasteiger partial charge in [0.05, 0.1) is 11.6 Å². The van der Waals surface area contributed by atoms with E-state index >= 15 is 0 Å². The van der Waals surface area contributed by atoms with Gasteiger partial charge >= 0.3 is 0 Å². The van der Waals surface area contributed by atoms with Crippen LogP contribution >= 0.6 is 27.5 Å². The van der Waals surface area contributed by atoms with E-state index in [0.29, 0.717) is 11.4 Å². The second-order valence-corrected chi connectivity index (χ2v) is 3.19. The van der Waals surface area contributed by atoms with Crippen LogP contribution in [0.2, 0.25) is 0 Å². The first-order valence-corrected chi connectivity index (χ1v) is 5.11. The molecule has 0 aliphatic rings. The van der Waals surface area contributed by atoms with E-state index < -0.39 is 0 Å². The van der Waals surface area contributed by atoms with Gasteiger partial charge in [0.25, 0.3) is 0 Å². The third kappa shape index (κ3) is 2.00. The number of nitriles is 1. The Hall–Kier alpha value is -0.520. The highest BCUT2D eigenvalue weighted by Gasteiger charge is 2.00. The average molecular weight is 245 g/mol. The minimum atomic E-state index is 0.493. The Kier molecular flexibility index (Phi) is 3.58. The molecule has 1 aromatic rings. The lowest BCUT2D eigenvalue weighted by molar-refractivity contribution is 1.27. The summed E-state index contributed by atoms with van der Waals surface area (Å²) < 4.78 is 0. The van der Waals surface area contributed by atoms with Gasteiger partial charge in [0.2, 0.25) is 0 Å². The lowest BCUT2D eigenvalue weighted by atomic mass is 10.1. The lowest BCUT2D eigenvalue weighted by Crippen LogP contribution is -1.88. The van der Waals surface area contributed by atoms with E-state index in [9.17, 15) is 0 Å². The van der Waals surface area contributed by atoms with Gasteiger partial charge in [-0.2, -0.15) is 5.26 Å². The first-order chi connectivity index (χ1) is 5.81. The molecule has 0 N–H and O–H groups in total. The Morgan fingerprint density at radius 3 is 2.67 bits per heavy atom. The van der Waals surface area contributed by atoms with Crippen LogP contribution in [0.4, 0.5) is 0 Å². The van der Waals surface area contributed by atoms with Crippen LogP contribution in [-0.4, -0.2) is 0 Å². The molecule has 3 heteroatoms. The quantitative estimate of drug-likeness (QED) is 0.733. The number of benzene rings is 1. The average Bonchev–Trinajstić information content (AvgIpc) is 2.16. The summed E-state index contributed by atoms with van der Waals surface area (Å²) in [6.45, 7) is 0. The van der Waals surface area contributed by atoms with Crippen molar-refractivity contribution in [1.82, 2.24) is 0 Å². The molecule has 1 rings (SSSR count). The molecule has 0 unspecified atom stereocenters. The maximum absolute atomic E-state index is 8.62. The van der Waals surface area contributed by atoms with Crippen LogP contribution in [0, 0.1) is 11.3 Å². The number of hydrogen-bond acceptors (Lipinski definition) is 1.